The van der Waals surface area contributed by atoms with Gasteiger partial charge in [-0.2, -0.15) is 5.26 Å². The third-order valence-electron chi connectivity index (χ3n) is 12.0. The predicted molar refractivity (Wildman–Crippen MR) is 149 cm³/mol. The molecule has 2 aliphatic heterocycles. The highest BCUT2D eigenvalue weighted by Gasteiger charge is 2.89. The molecule has 2 saturated carbocycles. The zero-order valence-electron chi connectivity index (χ0n) is 25.2. The summed E-state index contributed by atoms with van der Waals surface area (Å²) in [6.45, 7) is 29.7. The molecule has 4 fully saturated rings. The summed E-state index contributed by atoms with van der Waals surface area (Å²) < 4.78 is 20.9. The summed E-state index contributed by atoms with van der Waals surface area (Å²) in [4.78, 5) is 14.6. The largest absolute Gasteiger partial charge is 0.416 e. The molecule has 7 heteroatoms. The SMILES string of the molecule is CC1(C)[C@H]2C(=O)[C@@]34O[C@@H](C[C@]3(C)[C@@H](O[Si](C)(C)C(C)(C)C)CC[C@@H]4CO[Si](C)(C)C(C)(C)C)[C@]21C#N. The molecule has 7 atom stereocenters. The van der Waals surface area contributed by atoms with Crippen molar-refractivity contribution in [2.24, 2.45) is 28.1 Å². The lowest BCUT2D eigenvalue weighted by Crippen LogP contribution is -2.67. The first-order valence-corrected chi connectivity index (χ1v) is 19.8. The molecule has 2 saturated heterocycles. The van der Waals surface area contributed by atoms with E-state index in [0.29, 0.717) is 13.0 Å². The number of ether oxygens (including phenoxy) is 1. The average Bonchev–Trinajstić information content (AvgIpc) is 3.07. The highest BCUT2D eigenvalue weighted by molar-refractivity contribution is 6.74. The van der Waals surface area contributed by atoms with Gasteiger partial charge in [-0.05, 0) is 60.9 Å². The molecule has 0 unspecified atom stereocenters. The van der Waals surface area contributed by atoms with Gasteiger partial charge in [-0.1, -0.05) is 62.3 Å². The van der Waals surface area contributed by atoms with Crippen LogP contribution < -0.4 is 0 Å². The molecule has 0 radical (unpaired) electrons. The molecule has 2 bridgehead atoms. The first-order chi connectivity index (χ1) is 16.1. The summed E-state index contributed by atoms with van der Waals surface area (Å²) >= 11 is 0. The van der Waals surface area contributed by atoms with Crippen LogP contribution >= 0.6 is 0 Å². The smallest absolute Gasteiger partial charge is 0.192 e. The normalized spacial score (nSPS) is 41.9. The fourth-order valence-electron chi connectivity index (χ4n) is 7.41. The molecule has 4 rings (SSSR count). The van der Waals surface area contributed by atoms with Gasteiger partial charge in [0.1, 0.15) is 5.60 Å². The Hall–Kier alpha value is -0.526. The lowest BCUT2D eigenvalue weighted by atomic mass is 9.56. The minimum absolute atomic E-state index is 0.0125. The summed E-state index contributed by atoms with van der Waals surface area (Å²) in [6, 6.07) is 2.60. The standard InChI is InChI=1S/C29H51NO4Si2/c1-24(2,3)35(10,11)32-17-19-14-15-20(34-36(12,13)25(4,5)6)27(9)16-21-28(18-30)22(26(28,7)8)23(31)29(19,27)33-21/h19-22H,14-17H2,1-13H3/t19-,20+,21+,22-,27-,28-,29-/m1/s1. The molecule has 2 heterocycles. The third-order valence-corrected chi connectivity index (χ3v) is 21.0. The minimum Gasteiger partial charge on any atom is -0.416 e. The molecule has 0 N–H and O–H groups in total. The van der Waals surface area contributed by atoms with Crippen molar-refractivity contribution in [2.75, 3.05) is 6.61 Å². The summed E-state index contributed by atoms with van der Waals surface area (Å²) in [7, 11) is -4.09. The molecule has 0 aromatic heterocycles. The molecule has 4 aliphatic rings. The first kappa shape index (κ1) is 28.5. The molecule has 0 amide bonds. The Kier molecular flexibility index (Phi) is 6.15. The zero-order valence-corrected chi connectivity index (χ0v) is 27.2. The molecule has 0 aromatic rings. The number of nitrogens with zero attached hydrogens (tertiary/aromatic N) is 1. The predicted octanol–water partition coefficient (Wildman–Crippen LogP) is 7.09. The monoisotopic (exact) mass is 533 g/mol. The molecule has 0 aromatic carbocycles. The highest BCUT2D eigenvalue weighted by Crippen LogP contribution is 2.81. The third kappa shape index (κ3) is 3.36. The molecule has 204 valence electrons. The topological polar surface area (TPSA) is 68.6 Å². The van der Waals surface area contributed by atoms with E-state index in [0.717, 1.165) is 12.8 Å². The summed E-state index contributed by atoms with van der Waals surface area (Å²) in [5, 5.41) is 10.6. The van der Waals surface area contributed by atoms with E-state index < -0.39 is 33.1 Å². The van der Waals surface area contributed by atoms with Gasteiger partial charge in [0, 0.05) is 23.9 Å². The second-order valence-electron chi connectivity index (χ2n) is 16.2. The molecule has 5 nitrogen and oxygen atoms in total. The Morgan fingerprint density at radius 3 is 2.06 bits per heavy atom. The van der Waals surface area contributed by atoms with Crippen LogP contribution in [0.2, 0.25) is 36.3 Å². The maximum absolute atomic E-state index is 14.6. The van der Waals surface area contributed by atoms with Gasteiger partial charge in [0.15, 0.2) is 22.4 Å². The lowest BCUT2D eigenvalue weighted by Gasteiger charge is -2.56. The van der Waals surface area contributed by atoms with Gasteiger partial charge in [0.25, 0.3) is 0 Å². The van der Waals surface area contributed by atoms with E-state index in [-0.39, 0.29) is 45.3 Å². The summed E-state index contributed by atoms with van der Waals surface area (Å²) in [6.07, 6.45) is 2.20. The number of rotatable bonds is 5. The van der Waals surface area contributed by atoms with Crippen molar-refractivity contribution in [3.63, 3.8) is 0 Å². The van der Waals surface area contributed by atoms with Gasteiger partial charge in [-0.3, -0.25) is 4.79 Å². The number of fused-ring (bicyclic) bond motifs is 3. The number of hydrogen-bond donors (Lipinski definition) is 0. The van der Waals surface area contributed by atoms with Gasteiger partial charge in [0.05, 0.1) is 23.7 Å². The van der Waals surface area contributed by atoms with E-state index in [2.05, 4.69) is 94.6 Å². The quantitative estimate of drug-likeness (QED) is 0.353. The van der Waals surface area contributed by atoms with Crippen molar-refractivity contribution < 1.29 is 18.4 Å². The van der Waals surface area contributed by atoms with Gasteiger partial charge in [0.2, 0.25) is 0 Å². The number of carbonyl (C=O) groups is 1. The van der Waals surface area contributed by atoms with Crippen molar-refractivity contribution >= 4 is 22.4 Å². The van der Waals surface area contributed by atoms with Crippen molar-refractivity contribution in [1.29, 1.82) is 5.26 Å². The molecular formula is C29H51NO4Si2. The number of ketones is 1. The van der Waals surface area contributed by atoms with Crippen molar-refractivity contribution in [3.8, 4) is 6.07 Å². The van der Waals surface area contributed by atoms with E-state index in [9.17, 15) is 10.1 Å². The van der Waals surface area contributed by atoms with E-state index in [1.54, 1.807) is 0 Å². The van der Waals surface area contributed by atoms with Crippen LogP contribution in [0.25, 0.3) is 0 Å². The molecule has 36 heavy (non-hydrogen) atoms. The van der Waals surface area contributed by atoms with Gasteiger partial charge >= 0.3 is 0 Å². The molecule has 1 spiro atoms. The summed E-state index contributed by atoms with van der Waals surface area (Å²) in [5.41, 5.74) is -2.48. The zero-order chi connectivity index (χ0) is 27.5. The van der Waals surface area contributed by atoms with E-state index >= 15 is 0 Å². The van der Waals surface area contributed by atoms with Crippen LogP contribution in [0.5, 0.6) is 0 Å². The number of Topliss-reactive ketones (excluding diaryl/α,β-unsaturated/α-hetero) is 1. The maximum atomic E-state index is 14.6. The Labute approximate surface area is 222 Å². The van der Waals surface area contributed by atoms with Crippen molar-refractivity contribution in [3.05, 3.63) is 0 Å². The van der Waals surface area contributed by atoms with E-state index in [1.807, 2.05) is 0 Å². The van der Waals surface area contributed by atoms with Crippen LogP contribution in [-0.2, 0) is 18.4 Å². The van der Waals surface area contributed by atoms with Crippen LogP contribution in [0, 0.1) is 39.4 Å². The second-order valence-corrected chi connectivity index (χ2v) is 25.7. The number of carbonyl (C=O) groups excluding carboxylic acids is 1. The number of hydrogen-bond acceptors (Lipinski definition) is 5. The van der Waals surface area contributed by atoms with Crippen LogP contribution in [0.3, 0.4) is 0 Å². The van der Waals surface area contributed by atoms with Crippen LogP contribution in [0.1, 0.15) is 81.6 Å². The maximum Gasteiger partial charge on any atom is 0.192 e. The Morgan fingerprint density at radius 1 is 1.00 bits per heavy atom. The Morgan fingerprint density at radius 2 is 1.56 bits per heavy atom. The van der Waals surface area contributed by atoms with Crippen molar-refractivity contribution in [1.82, 2.24) is 0 Å². The fourth-order valence-corrected chi connectivity index (χ4v) is 9.91. The van der Waals surface area contributed by atoms with Crippen LogP contribution in [-0.4, -0.2) is 46.8 Å². The first-order valence-electron chi connectivity index (χ1n) is 14.0. The Bertz CT molecular complexity index is 987. The lowest BCUT2D eigenvalue weighted by molar-refractivity contribution is -0.205. The fraction of sp³-hybridized carbons (Fsp3) is 0.931. The summed E-state index contributed by atoms with van der Waals surface area (Å²) in [5.74, 6) is -0.128. The van der Waals surface area contributed by atoms with Crippen LogP contribution in [0.4, 0.5) is 0 Å². The van der Waals surface area contributed by atoms with Crippen LogP contribution in [0.15, 0.2) is 0 Å². The minimum atomic E-state index is -2.08. The Balaban J connectivity index is 1.77. The van der Waals surface area contributed by atoms with Gasteiger partial charge in [-0.25, -0.2) is 0 Å². The second kappa shape index (κ2) is 7.78. The highest BCUT2D eigenvalue weighted by atomic mass is 28.4. The number of nitriles is 1. The average molecular weight is 534 g/mol. The van der Waals surface area contributed by atoms with E-state index in [4.69, 9.17) is 13.6 Å². The van der Waals surface area contributed by atoms with Crippen molar-refractivity contribution in [2.45, 2.75) is 136 Å². The van der Waals surface area contributed by atoms with E-state index in [1.165, 1.54) is 0 Å². The van der Waals surface area contributed by atoms with Gasteiger partial charge < -0.3 is 13.6 Å². The molecule has 2 aliphatic carbocycles. The van der Waals surface area contributed by atoms with Gasteiger partial charge in [-0.15, -0.1) is 0 Å². The molecular weight excluding hydrogens is 482 g/mol.